The number of hydrogen-bond donors (Lipinski definition) is 1. The van der Waals surface area contributed by atoms with Crippen LogP contribution in [-0.4, -0.2) is 53.1 Å². The average molecular weight is 369 g/mol. The molecule has 1 aliphatic rings. The van der Waals surface area contributed by atoms with Crippen molar-refractivity contribution in [2.24, 2.45) is 0 Å². The van der Waals surface area contributed by atoms with E-state index >= 15 is 0 Å². The van der Waals surface area contributed by atoms with Crippen LogP contribution < -0.4 is 10.3 Å². The van der Waals surface area contributed by atoms with E-state index < -0.39 is 11.4 Å². The lowest BCUT2D eigenvalue weighted by molar-refractivity contribution is 0.0697. The third-order valence-corrected chi connectivity index (χ3v) is 5.76. The van der Waals surface area contributed by atoms with Gasteiger partial charge in [-0.1, -0.05) is 6.08 Å². The summed E-state index contributed by atoms with van der Waals surface area (Å²) in [6.07, 6.45) is 3.74. The van der Waals surface area contributed by atoms with Gasteiger partial charge in [0.25, 0.3) is 0 Å². The topological polar surface area (TPSA) is 65.3 Å². The molecule has 0 atom stereocenters. The maximum Gasteiger partial charge on any atom is 0.342 e. The monoisotopic (exact) mass is 369 g/mol. The standard InChI is InChI=1S/C19H19N3O3S/c1-2-5-20-6-8-21(9-7-20)13-3-4-14-15(12-13)22-10-11-26-18(22)16(17(14)23)19(24)25/h2-4,10-12H,1,5-9H2,(H,24,25). The summed E-state index contributed by atoms with van der Waals surface area (Å²) < 4.78 is 1.81. The molecule has 4 rings (SSSR count). The van der Waals surface area contributed by atoms with Gasteiger partial charge in [-0.2, -0.15) is 0 Å². The van der Waals surface area contributed by atoms with E-state index in [4.69, 9.17) is 0 Å². The normalized spacial score (nSPS) is 15.6. The number of aromatic nitrogens is 1. The third kappa shape index (κ3) is 2.69. The number of anilines is 1. The van der Waals surface area contributed by atoms with Gasteiger partial charge in [-0.25, -0.2) is 4.79 Å². The van der Waals surface area contributed by atoms with Crippen LogP contribution >= 0.6 is 11.3 Å². The van der Waals surface area contributed by atoms with Gasteiger partial charge in [0.1, 0.15) is 10.4 Å². The molecule has 0 radical (unpaired) electrons. The van der Waals surface area contributed by atoms with E-state index in [0.29, 0.717) is 10.2 Å². The molecule has 0 saturated carbocycles. The first kappa shape index (κ1) is 16.8. The molecule has 3 heterocycles. The Hall–Kier alpha value is -2.64. The molecule has 6 nitrogen and oxygen atoms in total. The second-order valence-corrected chi connectivity index (χ2v) is 7.26. The van der Waals surface area contributed by atoms with E-state index in [9.17, 15) is 14.7 Å². The zero-order valence-electron chi connectivity index (χ0n) is 14.2. The first-order chi connectivity index (χ1) is 12.6. The fourth-order valence-electron chi connectivity index (χ4n) is 3.55. The molecule has 0 bridgehead atoms. The molecule has 1 fully saturated rings. The van der Waals surface area contributed by atoms with Gasteiger partial charge in [-0.05, 0) is 18.2 Å². The van der Waals surface area contributed by atoms with Crippen LogP contribution in [0.5, 0.6) is 0 Å². The van der Waals surface area contributed by atoms with E-state index in [1.165, 1.54) is 11.3 Å². The first-order valence-electron chi connectivity index (χ1n) is 8.47. The summed E-state index contributed by atoms with van der Waals surface area (Å²) in [4.78, 5) is 29.3. The molecular weight excluding hydrogens is 350 g/mol. The lowest BCUT2D eigenvalue weighted by Crippen LogP contribution is -2.46. The van der Waals surface area contributed by atoms with E-state index in [0.717, 1.165) is 43.9 Å². The number of hydrogen-bond acceptors (Lipinski definition) is 5. The van der Waals surface area contributed by atoms with Crippen LogP contribution in [0.2, 0.25) is 0 Å². The van der Waals surface area contributed by atoms with Crippen LogP contribution in [0.1, 0.15) is 10.4 Å². The SMILES string of the molecule is C=CCN1CCN(c2ccc3c(=O)c(C(=O)O)c4sccn4c3c2)CC1. The minimum atomic E-state index is -1.18. The molecule has 26 heavy (non-hydrogen) atoms. The van der Waals surface area contributed by atoms with Gasteiger partial charge in [0, 0.05) is 55.4 Å². The van der Waals surface area contributed by atoms with Crippen LogP contribution in [0.3, 0.4) is 0 Å². The number of pyridine rings is 1. The highest BCUT2D eigenvalue weighted by atomic mass is 32.1. The summed E-state index contributed by atoms with van der Waals surface area (Å²) in [6, 6.07) is 5.65. The fraction of sp³-hybridized carbons (Fsp3) is 0.263. The van der Waals surface area contributed by atoms with Crippen LogP contribution in [0.4, 0.5) is 5.69 Å². The molecule has 1 saturated heterocycles. The molecule has 0 unspecified atom stereocenters. The lowest BCUT2D eigenvalue weighted by atomic mass is 10.1. The molecule has 1 aliphatic heterocycles. The summed E-state index contributed by atoms with van der Waals surface area (Å²) in [6.45, 7) is 8.44. The van der Waals surface area contributed by atoms with Crippen molar-refractivity contribution in [3.63, 3.8) is 0 Å². The molecule has 134 valence electrons. The van der Waals surface area contributed by atoms with Crippen molar-refractivity contribution in [3.05, 3.63) is 58.2 Å². The first-order valence-corrected chi connectivity index (χ1v) is 9.35. The number of benzene rings is 1. The Morgan fingerprint density at radius 3 is 2.73 bits per heavy atom. The van der Waals surface area contributed by atoms with E-state index in [1.54, 1.807) is 11.4 Å². The highest BCUT2D eigenvalue weighted by Crippen LogP contribution is 2.26. The van der Waals surface area contributed by atoms with Crippen molar-refractivity contribution in [1.29, 1.82) is 0 Å². The summed E-state index contributed by atoms with van der Waals surface area (Å²) in [5, 5.41) is 11.7. The quantitative estimate of drug-likeness (QED) is 0.716. The zero-order valence-corrected chi connectivity index (χ0v) is 15.0. The Morgan fingerprint density at radius 2 is 2.04 bits per heavy atom. The van der Waals surface area contributed by atoms with Crippen molar-refractivity contribution in [3.8, 4) is 0 Å². The maximum atomic E-state index is 12.7. The van der Waals surface area contributed by atoms with Gasteiger partial charge in [0.05, 0.1) is 5.52 Å². The van der Waals surface area contributed by atoms with E-state index in [2.05, 4.69) is 16.4 Å². The third-order valence-electron chi connectivity index (χ3n) is 4.87. The molecular formula is C19H19N3O3S. The van der Waals surface area contributed by atoms with Crippen LogP contribution in [0.25, 0.3) is 15.7 Å². The Kier molecular flexibility index (Phi) is 4.26. The number of carboxylic acids is 1. The minimum absolute atomic E-state index is 0.154. The molecule has 0 aliphatic carbocycles. The molecule has 3 aromatic rings. The molecule has 0 amide bonds. The van der Waals surface area contributed by atoms with E-state index in [1.807, 2.05) is 28.8 Å². The highest BCUT2D eigenvalue weighted by molar-refractivity contribution is 7.16. The smallest absolute Gasteiger partial charge is 0.342 e. The predicted octanol–water partition coefficient (Wildman–Crippen LogP) is 2.52. The summed E-state index contributed by atoms with van der Waals surface area (Å²) >= 11 is 1.27. The second kappa shape index (κ2) is 6.59. The fourth-order valence-corrected chi connectivity index (χ4v) is 4.43. The van der Waals surface area contributed by atoms with Crippen LogP contribution in [-0.2, 0) is 0 Å². The molecule has 7 heteroatoms. The zero-order chi connectivity index (χ0) is 18.3. The number of carbonyl (C=O) groups is 1. The Morgan fingerprint density at radius 1 is 1.27 bits per heavy atom. The number of rotatable bonds is 4. The summed E-state index contributed by atoms with van der Waals surface area (Å²) in [5.41, 5.74) is 1.23. The van der Waals surface area contributed by atoms with Crippen LogP contribution in [0, 0.1) is 0 Å². The van der Waals surface area contributed by atoms with Gasteiger partial charge in [0.15, 0.2) is 0 Å². The van der Waals surface area contributed by atoms with Crippen molar-refractivity contribution >= 4 is 38.7 Å². The molecule has 1 aromatic carbocycles. The number of nitrogens with zero attached hydrogens (tertiary/aromatic N) is 3. The van der Waals surface area contributed by atoms with Gasteiger partial charge in [-0.3, -0.25) is 9.69 Å². The number of carboxylic acid groups (broad SMARTS) is 1. The Labute approximate surface area is 154 Å². The van der Waals surface area contributed by atoms with Crippen molar-refractivity contribution in [2.75, 3.05) is 37.6 Å². The number of aromatic carboxylic acids is 1. The Bertz CT molecular complexity index is 1060. The Balaban J connectivity index is 1.79. The second-order valence-electron chi connectivity index (χ2n) is 6.37. The van der Waals surface area contributed by atoms with Gasteiger partial charge in [0.2, 0.25) is 5.43 Å². The van der Waals surface area contributed by atoms with Crippen LogP contribution in [0.15, 0.2) is 47.2 Å². The molecule has 1 N–H and O–H groups in total. The maximum absolute atomic E-state index is 12.7. The summed E-state index contributed by atoms with van der Waals surface area (Å²) in [7, 11) is 0. The minimum Gasteiger partial charge on any atom is -0.477 e. The van der Waals surface area contributed by atoms with Gasteiger partial charge >= 0.3 is 5.97 Å². The van der Waals surface area contributed by atoms with Crippen molar-refractivity contribution in [1.82, 2.24) is 9.30 Å². The van der Waals surface area contributed by atoms with E-state index in [-0.39, 0.29) is 5.56 Å². The largest absolute Gasteiger partial charge is 0.477 e. The number of thiazole rings is 1. The van der Waals surface area contributed by atoms with Gasteiger partial charge < -0.3 is 14.4 Å². The predicted molar refractivity (Wildman–Crippen MR) is 105 cm³/mol. The number of piperazine rings is 1. The molecule has 2 aromatic heterocycles. The number of fused-ring (bicyclic) bond motifs is 3. The van der Waals surface area contributed by atoms with Crippen molar-refractivity contribution < 1.29 is 9.90 Å². The summed E-state index contributed by atoms with van der Waals surface area (Å²) in [5.74, 6) is -1.18. The molecule has 0 spiro atoms. The van der Waals surface area contributed by atoms with Crippen molar-refractivity contribution in [2.45, 2.75) is 0 Å². The van der Waals surface area contributed by atoms with Gasteiger partial charge in [-0.15, -0.1) is 17.9 Å². The highest BCUT2D eigenvalue weighted by Gasteiger charge is 2.21. The average Bonchev–Trinajstić information content (AvgIpc) is 3.11. The lowest BCUT2D eigenvalue weighted by Gasteiger charge is -2.35.